The Hall–Kier alpha value is -1.63. The molecule has 1 aliphatic heterocycles. The van der Waals surface area contributed by atoms with Crippen molar-refractivity contribution in [1.82, 2.24) is 15.1 Å². The van der Waals surface area contributed by atoms with E-state index in [9.17, 15) is 0 Å². The van der Waals surface area contributed by atoms with Crippen LogP contribution in [-0.2, 0) is 22.6 Å². The average Bonchev–Trinajstić information content (AvgIpc) is 3.55. The molecule has 1 aromatic rings. The van der Waals surface area contributed by atoms with Gasteiger partial charge in [-0.15, -0.1) is 0 Å². The average molecular weight is 389 g/mol. The molecule has 1 saturated heterocycles. The molecule has 2 aliphatic rings. The van der Waals surface area contributed by atoms with Crippen LogP contribution in [-0.4, -0.2) is 75.4 Å². The van der Waals surface area contributed by atoms with E-state index in [-0.39, 0.29) is 0 Å². The van der Waals surface area contributed by atoms with Crippen molar-refractivity contribution < 1.29 is 9.47 Å². The van der Waals surface area contributed by atoms with Crippen LogP contribution in [0.1, 0.15) is 30.9 Å². The minimum atomic E-state index is 0.688. The smallest absolute Gasteiger partial charge is 0.194 e. The van der Waals surface area contributed by atoms with Crippen LogP contribution in [0.25, 0.3) is 0 Å². The summed E-state index contributed by atoms with van der Waals surface area (Å²) in [5.41, 5.74) is 2.59. The Morgan fingerprint density at radius 3 is 2.61 bits per heavy atom. The molecule has 1 heterocycles. The van der Waals surface area contributed by atoms with Crippen LogP contribution >= 0.6 is 0 Å². The summed E-state index contributed by atoms with van der Waals surface area (Å²) in [6.45, 7) is 10.9. The number of nitrogens with zero attached hydrogens (tertiary/aromatic N) is 3. The Kier molecular flexibility index (Phi) is 8.58. The SMILES string of the molecule is CCNC(=NCc1ccc(CN2CCOCC2)cc1)N(C)CCOCC1CC1. The van der Waals surface area contributed by atoms with Crippen LogP contribution in [0.4, 0.5) is 0 Å². The predicted octanol–water partition coefficient (Wildman–Crippen LogP) is 2.34. The van der Waals surface area contributed by atoms with Crippen LogP contribution in [0.2, 0.25) is 0 Å². The standard InChI is InChI=1S/C22H36N4O2/c1-3-23-22(25(2)10-13-28-18-21-8-9-21)24-16-19-4-6-20(7-5-19)17-26-11-14-27-15-12-26/h4-7,21H,3,8-18H2,1-2H3,(H,23,24). The summed E-state index contributed by atoms with van der Waals surface area (Å²) in [6.07, 6.45) is 2.68. The number of hydrogen-bond acceptors (Lipinski definition) is 4. The lowest BCUT2D eigenvalue weighted by atomic mass is 10.1. The highest BCUT2D eigenvalue weighted by Gasteiger charge is 2.21. The molecule has 1 N–H and O–H groups in total. The summed E-state index contributed by atoms with van der Waals surface area (Å²) < 4.78 is 11.2. The van der Waals surface area contributed by atoms with Crippen molar-refractivity contribution in [2.24, 2.45) is 10.9 Å². The zero-order valence-electron chi connectivity index (χ0n) is 17.5. The number of benzene rings is 1. The van der Waals surface area contributed by atoms with Gasteiger partial charge in [-0.1, -0.05) is 24.3 Å². The molecule has 28 heavy (non-hydrogen) atoms. The fourth-order valence-electron chi connectivity index (χ4n) is 3.25. The number of guanidine groups is 1. The van der Waals surface area contributed by atoms with Crippen molar-refractivity contribution in [3.05, 3.63) is 35.4 Å². The van der Waals surface area contributed by atoms with E-state index in [2.05, 4.69) is 53.4 Å². The normalized spacial score (nSPS) is 18.3. The maximum Gasteiger partial charge on any atom is 0.194 e. The van der Waals surface area contributed by atoms with Gasteiger partial charge in [0.05, 0.1) is 26.4 Å². The zero-order valence-corrected chi connectivity index (χ0v) is 17.5. The Bertz CT molecular complexity index is 595. The number of ether oxygens (including phenoxy) is 2. The molecule has 0 unspecified atom stereocenters. The largest absolute Gasteiger partial charge is 0.379 e. The van der Waals surface area contributed by atoms with Gasteiger partial charge in [-0.3, -0.25) is 4.90 Å². The molecule has 0 bridgehead atoms. The van der Waals surface area contributed by atoms with Crippen molar-refractivity contribution >= 4 is 5.96 Å². The molecule has 0 atom stereocenters. The summed E-state index contributed by atoms with van der Waals surface area (Å²) in [4.78, 5) is 9.40. The van der Waals surface area contributed by atoms with Crippen LogP contribution in [0.15, 0.2) is 29.3 Å². The Morgan fingerprint density at radius 2 is 1.93 bits per heavy atom. The summed E-state index contributed by atoms with van der Waals surface area (Å²) in [5, 5.41) is 3.38. The summed E-state index contributed by atoms with van der Waals surface area (Å²) in [7, 11) is 2.08. The lowest BCUT2D eigenvalue weighted by Gasteiger charge is -2.26. The van der Waals surface area contributed by atoms with Gasteiger partial charge < -0.3 is 19.7 Å². The Labute approximate surface area is 169 Å². The van der Waals surface area contributed by atoms with E-state index in [0.29, 0.717) is 6.54 Å². The van der Waals surface area contributed by atoms with Crippen molar-refractivity contribution in [1.29, 1.82) is 0 Å². The van der Waals surface area contributed by atoms with Crippen molar-refractivity contribution in [2.75, 3.05) is 59.7 Å². The first-order chi connectivity index (χ1) is 13.7. The Balaban J connectivity index is 1.45. The van der Waals surface area contributed by atoms with Gasteiger partial charge in [0, 0.05) is 46.4 Å². The molecule has 3 rings (SSSR count). The highest BCUT2D eigenvalue weighted by atomic mass is 16.5. The number of nitrogens with one attached hydrogen (secondary N) is 1. The molecule has 0 aromatic heterocycles. The molecule has 0 amide bonds. The van der Waals surface area contributed by atoms with Gasteiger partial charge in [0.15, 0.2) is 5.96 Å². The minimum absolute atomic E-state index is 0.688. The predicted molar refractivity (Wildman–Crippen MR) is 114 cm³/mol. The van der Waals surface area contributed by atoms with E-state index in [1.807, 2.05) is 0 Å². The lowest BCUT2D eigenvalue weighted by molar-refractivity contribution is 0.0342. The third-order valence-corrected chi connectivity index (χ3v) is 5.26. The number of morpholine rings is 1. The lowest BCUT2D eigenvalue weighted by Crippen LogP contribution is -2.40. The van der Waals surface area contributed by atoms with Crippen LogP contribution < -0.4 is 5.32 Å². The monoisotopic (exact) mass is 388 g/mol. The molecule has 1 saturated carbocycles. The van der Waals surface area contributed by atoms with E-state index in [4.69, 9.17) is 14.5 Å². The van der Waals surface area contributed by atoms with Gasteiger partial charge in [-0.2, -0.15) is 0 Å². The maximum atomic E-state index is 5.76. The van der Waals surface area contributed by atoms with E-state index in [1.165, 1.54) is 24.0 Å². The van der Waals surface area contributed by atoms with Gasteiger partial charge in [0.1, 0.15) is 0 Å². The van der Waals surface area contributed by atoms with Crippen molar-refractivity contribution in [2.45, 2.75) is 32.9 Å². The molecule has 6 nitrogen and oxygen atoms in total. The number of likely N-dealkylation sites (N-methyl/N-ethyl adjacent to an activating group) is 1. The van der Waals surface area contributed by atoms with Crippen molar-refractivity contribution in [3.63, 3.8) is 0 Å². The number of aliphatic imine (C=N–C) groups is 1. The van der Waals surface area contributed by atoms with Gasteiger partial charge in [-0.05, 0) is 36.8 Å². The minimum Gasteiger partial charge on any atom is -0.379 e. The fourth-order valence-corrected chi connectivity index (χ4v) is 3.25. The molecule has 2 fully saturated rings. The number of rotatable bonds is 10. The van der Waals surface area contributed by atoms with Gasteiger partial charge in [0.25, 0.3) is 0 Å². The highest BCUT2D eigenvalue weighted by molar-refractivity contribution is 5.79. The molecule has 1 aromatic carbocycles. The summed E-state index contributed by atoms with van der Waals surface area (Å²) >= 11 is 0. The van der Waals surface area contributed by atoms with E-state index >= 15 is 0 Å². The highest BCUT2D eigenvalue weighted by Crippen LogP contribution is 2.28. The van der Waals surface area contributed by atoms with Crippen LogP contribution in [0.5, 0.6) is 0 Å². The van der Waals surface area contributed by atoms with Crippen LogP contribution in [0, 0.1) is 5.92 Å². The molecule has 1 aliphatic carbocycles. The maximum absolute atomic E-state index is 5.76. The first kappa shape index (κ1) is 21.1. The summed E-state index contributed by atoms with van der Waals surface area (Å²) in [5.74, 6) is 1.76. The zero-order chi connectivity index (χ0) is 19.6. The number of hydrogen-bond donors (Lipinski definition) is 1. The molecule has 156 valence electrons. The van der Waals surface area contributed by atoms with Crippen molar-refractivity contribution in [3.8, 4) is 0 Å². The third-order valence-electron chi connectivity index (χ3n) is 5.26. The molecule has 6 heteroatoms. The second-order valence-corrected chi connectivity index (χ2v) is 7.82. The van der Waals surface area contributed by atoms with Crippen LogP contribution in [0.3, 0.4) is 0 Å². The van der Waals surface area contributed by atoms with Gasteiger partial charge >= 0.3 is 0 Å². The topological polar surface area (TPSA) is 49.3 Å². The van der Waals surface area contributed by atoms with E-state index in [1.54, 1.807) is 0 Å². The summed E-state index contributed by atoms with van der Waals surface area (Å²) in [6, 6.07) is 8.84. The molecule has 0 radical (unpaired) electrons. The molecule has 0 spiro atoms. The Morgan fingerprint density at radius 1 is 1.21 bits per heavy atom. The first-order valence-corrected chi connectivity index (χ1v) is 10.7. The quantitative estimate of drug-likeness (QED) is 0.379. The van der Waals surface area contributed by atoms with Gasteiger partial charge in [-0.25, -0.2) is 4.99 Å². The fraction of sp³-hybridized carbons (Fsp3) is 0.682. The second-order valence-electron chi connectivity index (χ2n) is 7.82. The molecular weight excluding hydrogens is 352 g/mol. The first-order valence-electron chi connectivity index (χ1n) is 10.7. The van der Waals surface area contributed by atoms with E-state index in [0.717, 1.165) is 71.0 Å². The van der Waals surface area contributed by atoms with E-state index < -0.39 is 0 Å². The second kappa shape index (κ2) is 11.4. The third kappa shape index (κ3) is 7.41. The van der Waals surface area contributed by atoms with Gasteiger partial charge in [0.2, 0.25) is 0 Å². The molecular formula is C22H36N4O2.